The average molecular weight is 271 g/mol. The van der Waals surface area contributed by atoms with Crippen molar-refractivity contribution in [2.45, 2.75) is 72.5 Å². The van der Waals surface area contributed by atoms with Crippen LogP contribution in [0.15, 0.2) is 0 Å². The normalized spacial score (nSPS) is 11.9. The zero-order valence-corrected chi connectivity index (χ0v) is 13.6. The van der Waals surface area contributed by atoms with Gasteiger partial charge in [0.2, 0.25) is 5.91 Å². The number of amides is 1. The molecule has 0 unspecified atom stereocenters. The highest BCUT2D eigenvalue weighted by atomic mass is 16.1. The van der Waals surface area contributed by atoms with Crippen LogP contribution in [0.4, 0.5) is 0 Å². The van der Waals surface area contributed by atoms with E-state index in [4.69, 9.17) is 0 Å². The molecule has 4 heteroatoms. The maximum Gasteiger partial charge on any atom is 0.234 e. The van der Waals surface area contributed by atoms with E-state index in [0.717, 1.165) is 25.9 Å². The van der Waals surface area contributed by atoms with Crippen molar-refractivity contribution in [1.29, 1.82) is 0 Å². The van der Waals surface area contributed by atoms with E-state index in [0.29, 0.717) is 24.7 Å². The molecule has 0 fully saturated rings. The largest absolute Gasteiger partial charge is 0.352 e. The van der Waals surface area contributed by atoms with E-state index in [1.54, 1.807) is 0 Å². The molecule has 0 saturated carbocycles. The fraction of sp³-hybridized carbons (Fsp3) is 0.933. The molecule has 0 atom stereocenters. The van der Waals surface area contributed by atoms with Crippen LogP contribution in [-0.2, 0) is 4.79 Å². The van der Waals surface area contributed by atoms with Crippen LogP contribution >= 0.6 is 0 Å². The van der Waals surface area contributed by atoms with Crippen molar-refractivity contribution in [3.63, 3.8) is 0 Å². The van der Waals surface area contributed by atoms with Crippen molar-refractivity contribution in [1.82, 2.24) is 15.5 Å². The smallest absolute Gasteiger partial charge is 0.234 e. The van der Waals surface area contributed by atoms with Gasteiger partial charge in [-0.1, -0.05) is 13.8 Å². The van der Waals surface area contributed by atoms with Crippen LogP contribution in [0.3, 0.4) is 0 Å². The Labute approximate surface area is 119 Å². The molecule has 19 heavy (non-hydrogen) atoms. The molecule has 0 aliphatic carbocycles. The standard InChI is InChI=1S/C15H33N3O/c1-7-14(8-2)17-15(19)11-16-9-10-18(12(3)4)13(5)6/h12-14,16H,7-11H2,1-6H3,(H,17,19). The molecule has 0 saturated heterocycles. The molecule has 0 aliphatic rings. The number of hydrogen-bond acceptors (Lipinski definition) is 3. The van der Waals surface area contributed by atoms with E-state index in [1.807, 2.05) is 0 Å². The molecule has 0 bridgehead atoms. The fourth-order valence-corrected chi connectivity index (χ4v) is 2.29. The summed E-state index contributed by atoms with van der Waals surface area (Å²) < 4.78 is 0. The fourth-order valence-electron chi connectivity index (χ4n) is 2.29. The first kappa shape index (κ1) is 18.4. The van der Waals surface area contributed by atoms with Crippen molar-refractivity contribution >= 4 is 5.91 Å². The SMILES string of the molecule is CCC(CC)NC(=O)CNCCN(C(C)C)C(C)C. The monoisotopic (exact) mass is 271 g/mol. The van der Waals surface area contributed by atoms with Crippen molar-refractivity contribution < 1.29 is 4.79 Å². The second kappa shape index (κ2) is 10.2. The minimum absolute atomic E-state index is 0.106. The van der Waals surface area contributed by atoms with Crippen LogP contribution in [0.2, 0.25) is 0 Å². The van der Waals surface area contributed by atoms with Crippen molar-refractivity contribution in [2.75, 3.05) is 19.6 Å². The lowest BCUT2D eigenvalue weighted by Crippen LogP contribution is -2.44. The van der Waals surface area contributed by atoms with Crippen LogP contribution in [0.25, 0.3) is 0 Å². The Morgan fingerprint density at radius 1 is 1.05 bits per heavy atom. The highest BCUT2D eigenvalue weighted by Gasteiger charge is 2.13. The maximum absolute atomic E-state index is 11.7. The Bertz CT molecular complexity index is 230. The van der Waals surface area contributed by atoms with Gasteiger partial charge in [-0.3, -0.25) is 9.69 Å². The van der Waals surface area contributed by atoms with Gasteiger partial charge in [-0.25, -0.2) is 0 Å². The zero-order chi connectivity index (χ0) is 14.8. The molecule has 0 rings (SSSR count). The summed E-state index contributed by atoms with van der Waals surface area (Å²) in [6.45, 7) is 15.3. The van der Waals surface area contributed by atoms with Gasteiger partial charge in [-0.15, -0.1) is 0 Å². The second-order valence-electron chi connectivity index (χ2n) is 5.68. The predicted molar refractivity (Wildman–Crippen MR) is 82.4 cm³/mol. The molecule has 0 aromatic carbocycles. The van der Waals surface area contributed by atoms with Crippen LogP contribution in [-0.4, -0.2) is 48.6 Å². The maximum atomic E-state index is 11.7. The highest BCUT2D eigenvalue weighted by molar-refractivity contribution is 5.78. The third-order valence-electron chi connectivity index (χ3n) is 3.51. The van der Waals surface area contributed by atoms with E-state index < -0.39 is 0 Å². The molecule has 0 aromatic heterocycles. The molecule has 1 amide bonds. The average Bonchev–Trinajstić information content (AvgIpc) is 2.34. The minimum atomic E-state index is 0.106. The molecule has 0 heterocycles. The molecular formula is C15H33N3O. The summed E-state index contributed by atoms with van der Waals surface area (Å²) in [6.07, 6.45) is 1.99. The van der Waals surface area contributed by atoms with Crippen LogP contribution in [0.5, 0.6) is 0 Å². The summed E-state index contributed by atoms with van der Waals surface area (Å²) in [5.41, 5.74) is 0. The van der Waals surface area contributed by atoms with Gasteiger partial charge >= 0.3 is 0 Å². The van der Waals surface area contributed by atoms with Gasteiger partial charge < -0.3 is 10.6 Å². The molecule has 4 nitrogen and oxygen atoms in total. The van der Waals surface area contributed by atoms with E-state index in [2.05, 4.69) is 57.1 Å². The molecular weight excluding hydrogens is 238 g/mol. The van der Waals surface area contributed by atoms with Crippen molar-refractivity contribution in [3.8, 4) is 0 Å². The summed E-state index contributed by atoms with van der Waals surface area (Å²) in [7, 11) is 0. The number of rotatable bonds is 10. The zero-order valence-electron chi connectivity index (χ0n) is 13.6. The van der Waals surface area contributed by atoms with E-state index in [1.165, 1.54) is 0 Å². The Morgan fingerprint density at radius 3 is 2.00 bits per heavy atom. The molecule has 0 aliphatic heterocycles. The summed E-state index contributed by atoms with van der Waals surface area (Å²) in [4.78, 5) is 14.1. The Hall–Kier alpha value is -0.610. The quantitative estimate of drug-likeness (QED) is 0.597. The van der Waals surface area contributed by atoms with Gasteiger partial charge in [0, 0.05) is 31.2 Å². The number of carbonyl (C=O) groups is 1. The minimum Gasteiger partial charge on any atom is -0.352 e. The lowest BCUT2D eigenvalue weighted by atomic mass is 10.2. The summed E-state index contributed by atoms with van der Waals surface area (Å²) in [6, 6.07) is 1.40. The Morgan fingerprint density at radius 2 is 1.58 bits per heavy atom. The number of nitrogens with zero attached hydrogens (tertiary/aromatic N) is 1. The van der Waals surface area contributed by atoms with E-state index >= 15 is 0 Å². The van der Waals surface area contributed by atoms with Crippen LogP contribution in [0, 0.1) is 0 Å². The lowest BCUT2D eigenvalue weighted by molar-refractivity contribution is -0.121. The summed E-state index contributed by atoms with van der Waals surface area (Å²) in [5, 5.41) is 6.26. The first-order valence-corrected chi connectivity index (χ1v) is 7.68. The molecule has 0 aromatic rings. The molecule has 0 radical (unpaired) electrons. The van der Waals surface area contributed by atoms with Gasteiger partial charge in [-0.05, 0) is 40.5 Å². The van der Waals surface area contributed by atoms with E-state index in [9.17, 15) is 4.79 Å². The van der Waals surface area contributed by atoms with Gasteiger partial charge in [0.15, 0.2) is 0 Å². The highest BCUT2D eigenvalue weighted by Crippen LogP contribution is 2.03. The number of carbonyl (C=O) groups excluding carboxylic acids is 1. The second-order valence-corrected chi connectivity index (χ2v) is 5.68. The summed E-state index contributed by atoms with van der Waals surface area (Å²) >= 11 is 0. The molecule has 2 N–H and O–H groups in total. The Kier molecular flexibility index (Phi) is 9.88. The van der Waals surface area contributed by atoms with Gasteiger partial charge in [-0.2, -0.15) is 0 Å². The third kappa shape index (κ3) is 8.22. The molecule has 0 spiro atoms. The van der Waals surface area contributed by atoms with Crippen LogP contribution in [0.1, 0.15) is 54.4 Å². The Balaban J connectivity index is 3.81. The predicted octanol–water partition coefficient (Wildman–Crippen LogP) is 2.00. The lowest BCUT2D eigenvalue weighted by Gasteiger charge is -2.30. The van der Waals surface area contributed by atoms with Gasteiger partial charge in [0.05, 0.1) is 6.54 Å². The first-order valence-electron chi connectivity index (χ1n) is 7.68. The van der Waals surface area contributed by atoms with Crippen molar-refractivity contribution in [3.05, 3.63) is 0 Å². The van der Waals surface area contributed by atoms with Crippen molar-refractivity contribution in [2.24, 2.45) is 0 Å². The van der Waals surface area contributed by atoms with Gasteiger partial charge in [0.25, 0.3) is 0 Å². The van der Waals surface area contributed by atoms with Crippen LogP contribution < -0.4 is 10.6 Å². The molecule has 114 valence electrons. The van der Waals surface area contributed by atoms with E-state index in [-0.39, 0.29) is 5.91 Å². The third-order valence-corrected chi connectivity index (χ3v) is 3.51. The number of nitrogens with one attached hydrogen (secondary N) is 2. The topological polar surface area (TPSA) is 44.4 Å². The number of hydrogen-bond donors (Lipinski definition) is 2. The summed E-state index contributed by atoms with van der Waals surface area (Å²) in [5.74, 6) is 0.106. The first-order chi connectivity index (χ1) is 8.92. The van der Waals surface area contributed by atoms with Gasteiger partial charge in [0.1, 0.15) is 0 Å².